The van der Waals surface area contributed by atoms with Crippen LogP contribution in [-0.4, -0.2) is 12.9 Å². The zero-order valence-corrected chi connectivity index (χ0v) is 10.0. The predicted molar refractivity (Wildman–Crippen MR) is 59.9 cm³/mol. The average Bonchev–Trinajstić information content (AvgIpc) is 2.20. The van der Waals surface area contributed by atoms with E-state index >= 15 is 0 Å². The van der Waals surface area contributed by atoms with Crippen LogP contribution < -0.4 is 4.74 Å². The standard InChI is InChI=1S/C11H12BrFO2/c1-2-3-4-15-11-8(7-14)5-9(12)6-10(11)13/h5-7H,2-4H2,1H3. The van der Waals surface area contributed by atoms with Crippen molar-refractivity contribution >= 4 is 22.2 Å². The highest BCUT2D eigenvalue weighted by Crippen LogP contribution is 2.26. The number of aldehydes is 1. The summed E-state index contributed by atoms with van der Waals surface area (Å²) in [6.45, 7) is 2.44. The molecule has 1 aromatic rings. The Morgan fingerprint density at radius 1 is 1.53 bits per heavy atom. The number of rotatable bonds is 5. The van der Waals surface area contributed by atoms with E-state index in [1.807, 2.05) is 6.92 Å². The summed E-state index contributed by atoms with van der Waals surface area (Å²) >= 11 is 3.12. The number of hydrogen-bond donors (Lipinski definition) is 0. The first kappa shape index (κ1) is 12.2. The molecule has 15 heavy (non-hydrogen) atoms. The fraction of sp³-hybridized carbons (Fsp3) is 0.364. The van der Waals surface area contributed by atoms with Gasteiger partial charge in [0, 0.05) is 4.47 Å². The van der Waals surface area contributed by atoms with Crippen LogP contribution in [0.1, 0.15) is 30.1 Å². The molecular weight excluding hydrogens is 263 g/mol. The van der Waals surface area contributed by atoms with Gasteiger partial charge in [0.05, 0.1) is 12.2 Å². The zero-order chi connectivity index (χ0) is 11.3. The van der Waals surface area contributed by atoms with Crippen molar-refractivity contribution in [3.8, 4) is 5.75 Å². The first-order valence-electron chi connectivity index (χ1n) is 4.76. The van der Waals surface area contributed by atoms with E-state index in [4.69, 9.17) is 4.74 Å². The lowest BCUT2D eigenvalue weighted by Gasteiger charge is -2.09. The van der Waals surface area contributed by atoms with E-state index in [1.54, 1.807) is 0 Å². The fourth-order valence-electron chi connectivity index (χ4n) is 1.14. The number of halogens is 2. The summed E-state index contributed by atoms with van der Waals surface area (Å²) in [6, 6.07) is 2.83. The topological polar surface area (TPSA) is 26.3 Å². The molecule has 1 rings (SSSR count). The second-order valence-corrected chi connectivity index (χ2v) is 4.04. The molecule has 2 nitrogen and oxygen atoms in total. The minimum absolute atomic E-state index is 0.0432. The number of hydrogen-bond acceptors (Lipinski definition) is 2. The molecule has 0 unspecified atom stereocenters. The number of unbranched alkanes of at least 4 members (excludes halogenated alkanes) is 1. The van der Waals surface area contributed by atoms with Gasteiger partial charge in [0.15, 0.2) is 17.9 Å². The van der Waals surface area contributed by atoms with Crippen LogP contribution in [0.3, 0.4) is 0 Å². The fourth-order valence-corrected chi connectivity index (χ4v) is 1.59. The predicted octanol–water partition coefficient (Wildman–Crippen LogP) is 3.58. The van der Waals surface area contributed by atoms with E-state index in [0.29, 0.717) is 17.4 Å². The molecule has 0 aromatic heterocycles. The molecule has 0 aliphatic rings. The summed E-state index contributed by atoms with van der Waals surface area (Å²) < 4.78 is 19.2. The molecule has 0 saturated carbocycles. The van der Waals surface area contributed by atoms with Crippen LogP contribution in [0, 0.1) is 5.82 Å². The molecule has 0 N–H and O–H groups in total. The molecule has 82 valence electrons. The minimum atomic E-state index is -0.512. The van der Waals surface area contributed by atoms with Crippen LogP contribution in [0.2, 0.25) is 0 Å². The summed E-state index contributed by atoms with van der Waals surface area (Å²) in [7, 11) is 0. The van der Waals surface area contributed by atoms with Crippen molar-refractivity contribution < 1.29 is 13.9 Å². The van der Waals surface area contributed by atoms with Crippen molar-refractivity contribution in [2.75, 3.05) is 6.61 Å². The second kappa shape index (κ2) is 5.85. The normalized spacial score (nSPS) is 10.1. The smallest absolute Gasteiger partial charge is 0.166 e. The third kappa shape index (κ3) is 3.30. The van der Waals surface area contributed by atoms with Crippen LogP contribution in [0.4, 0.5) is 4.39 Å². The number of ether oxygens (including phenoxy) is 1. The van der Waals surface area contributed by atoms with Crippen molar-refractivity contribution in [1.82, 2.24) is 0 Å². The molecule has 0 atom stereocenters. The van der Waals surface area contributed by atoms with Gasteiger partial charge in [0.1, 0.15) is 0 Å². The Kier molecular flexibility index (Phi) is 4.75. The maximum absolute atomic E-state index is 13.4. The highest BCUT2D eigenvalue weighted by Gasteiger charge is 2.10. The largest absolute Gasteiger partial charge is 0.490 e. The Balaban J connectivity index is 2.89. The Morgan fingerprint density at radius 3 is 2.87 bits per heavy atom. The lowest BCUT2D eigenvalue weighted by Crippen LogP contribution is -2.02. The number of benzene rings is 1. The quantitative estimate of drug-likeness (QED) is 0.606. The Morgan fingerprint density at radius 2 is 2.27 bits per heavy atom. The van der Waals surface area contributed by atoms with Gasteiger partial charge < -0.3 is 4.74 Å². The van der Waals surface area contributed by atoms with Gasteiger partial charge in [0.2, 0.25) is 0 Å². The first-order valence-corrected chi connectivity index (χ1v) is 5.55. The highest BCUT2D eigenvalue weighted by atomic mass is 79.9. The van der Waals surface area contributed by atoms with E-state index in [-0.39, 0.29) is 11.3 Å². The Hall–Kier alpha value is -0.900. The van der Waals surface area contributed by atoms with E-state index < -0.39 is 5.82 Å². The molecule has 0 amide bonds. The van der Waals surface area contributed by atoms with Gasteiger partial charge in [-0.15, -0.1) is 0 Å². The monoisotopic (exact) mass is 274 g/mol. The molecule has 0 bridgehead atoms. The van der Waals surface area contributed by atoms with Crippen LogP contribution in [-0.2, 0) is 0 Å². The van der Waals surface area contributed by atoms with Crippen molar-refractivity contribution in [1.29, 1.82) is 0 Å². The first-order chi connectivity index (χ1) is 7.19. The molecule has 0 aliphatic heterocycles. The van der Waals surface area contributed by atoms with Crippen molar-refractivity contribution in [3.05, 3.63) is 28.0 Å². The number of carbonyl (C=O) groups is 1. The van der Waals surface area contributed by atoms with Crippen LogP contribution in [0.25, 0.3) is 0 Å². The molecule has 0 radical (unpaired) electrons. The summed E-state index contributed by atoms with van der Waals surface area (Å²) in [5.41, 5.74) is 0.234. The highest BCUT2D eigenvalue weighted by molar-refractivity contribution is 9.10. The van der Waals surface area contributed by atoms with Gasteiger partial charge in [-0.05, 0) is 18.6 Å². The summed E-state index contributed by atoms with van der Waals surface area (Å²) in [5.74, 6) is -0.468. The zero-order valence-electron chi connectivity index (χ0n) is 8.43. The van der Waals surface area contributed by atoms with Crippen molar-refractivity contribution in [2.45, 2.75) is 19.8 Å². The van der Waals surface area contributed by atoms with Gasteiger partial charge >= 0.3 is 0 Å². The van der Waals surface area contributed by atoms with Gasteiger partial charge in [0.25, 0.3) is 0 Å². The van der Waals surface area contributed by atoms with E-state index in [9.17, 15) is 9.18 Å². The summed E-state index contributed by atoms with van der Waals surface area (Å²) in [6.07, 6.45) is 2.40. The molecule has 4 heteroatoms. The SMILES string of the molecule is CCCCOc1c(F)cc(Br)cc1C=O. The van der Waals surface area contributed by atoms with Gasteiger partial charge in [-0.25, -0.2) is 4.39 Å². The van der Waals surface area contributed by atoms with Crippen molar-refractivity contribution in [3.63, 3.8) is 0 Å². The number of carbonyl (C=O) groups excluding carboxylic acids is 1. The van der Waals surface area contributed by atoms with Crippen LogP contribution >= 0.6 is 15.9 Å². The van der Waals surface area contributed by atoms with E-state index in [2.05, 4.69) is 15.9 Å². The maximum atomic E-state index is 13.4. The molecule has 0 fully saturated rings. The van der Waals surface area contributed by atoms with Crippen LogP contribution in [0.5, 0.6) is 5.75 Å². The van der Waals surface area contributed by atoms with Crippen molar-refractivity contribution in [2.24, 2.45) is 0 Å². The lowest BCUT2D eigenvalue weighted by molar-refractivity contribution is 0.111. The summed E-state index contributed by atoms with van der Waals surface area (Å²) in [5, 5.41) is 0. The van der Waals surface area contributed by atoms with Gasteiger partial charge in [-0.1, -0.05) is 29.3 Å². The lowest BCUT2D eigenvalue weighted by atomic mass is 10.2. The third-order valence-corrected chi connectivity index (χ3v) is 2.37. The summed E-state index contributed by atoms with van der Waals surface area (Å²) in [4.78, 5) is 10.7. The van der Waals surface area contributed by atoms with Crippen LogP contribution in [0.15, 0.2) is 16.6 Å². The Bertz CT molecular complexity index is 353. The van der Waals surface area contributed by atoms with Gasteiger partial charge in [-0.2, -0.15) is 0 Å². The Labute approximate surface area is 96.6 Å². The molecule has 1 aromatic carbocycles. The minimum Gasteiger partial charge on any atom is -0.490 e. The molecular formula is C11H12BrFO2. The second-order valence-electron chi connectivity index (χ2n) is 3.13. The molecule has 0 saturated heterocycles. The molecule has 0 spiro atoms. The van der Waals surface area contributed by atoms with E-state index in [0.717, 1.165) is 12.8 Å². The average molecular weight is 275 g/mol. The third-order valence-electron chi connectivity index (χ3n) is 1.91. The molecule has 0 aliphatic carbocycles. The maximum Gasteiger partial charge on any atom is 0.166 e. The van der Waals surface area contributed by atoms with Gasteiger partial charge in [-0.3, -0.25) is 4.79 Å². The van der Waals surface area contributed by atoms with E-state index in [1.165, 1.54) is 12.1 Å². The molecule has 0 heterocycles.